The molecule has 1 fully saturated rings. The summed E-state index contributed by atoms with van der Waals surface area (Å²) in [6.45, 7) is 15.1. The Kier molecular flexibility index (Phi) is 6.48. The number of pyridine rings is 1. The van der Waals surface area contributed by atoms with E-state index in [-0.39, 0.29) is 6.03 Å². The third kappa shape index (κ3) is 4.35. The van der Waals surface area contributed by atoms with Crippen molar-refractivity contribution in [1.29, 1.82) is 0 Å². The van der Waals surface area contributed by atoms with Crippen LogP contribution in [0.15, 0.2) is 18.3 Å². The molecule has 1 atom stereocenters. The SMILES string of the molecule is CCN1CCN(CC)CCN(C(=O)N2CC(C)Cc3cccnc32)CC1. The van der Waals surface area contributed by atoms with Crippen molar-refractivity contribution in [1.82, 2.24) is 19.7 Å². The van der Waals surface area contributed by atoms with Crippen molar-refractivity contribution in [3.8, 4) is 0 Å². The molecule has 6 nitrogen and oxygen atoms in total. The van der Waals surface area contributed by atoms with Gasteiger partial charge in [-0.3, -0.25) is 4.90 Å². The Hall–Kier alpha value is -1.66. The van der Waals surface area contributed by atoms with Gasteiger partial charge in [0.1, 0.15) is 5.82 Å². The summed E-state index contributed by atoms with van der Waals surface area (Å²) in [4.78, 5) is 26.8. The van der Waals surface area contributed by atoms with Crippen molar-refractivity contribution in [2.45, 2.75) is 27.2 Å². The topological polar surface area (TPSA) is 42.9 Å². The van der Waals surface area contributed by atoms with E-state index < -0.39 is 0 Å². The standard InChI is InChI=1S/C20H33N5O/c1-4-22-9-10-23(5-2)12-14-24(13-11-22)20(26)25-16-17(3)15-18-7-6-8-21-19(18)25/h6-8,17H,4-5,9-16H2,1-3H3. The Bertz CT molecular complexity index is 592. The lowest BCUT2D eigenvalue weighted by Gasteiger charge is -2.36. The predicted octanol–water partition coefficient (Wildman–Crippen LogP) is 2.16. The van der Waals surface area contributed by atoms with Crippen LogP contribution in [0.3, 0.4) is 0 Å². The number of hydrogen-bond acceptors (Lipinski definition) is 4. The summed E-state index contributed by atoms with van der Waals surface area (Å²) in [5, 5.41) is 0. The highest BCUT2D eigenvalue weighted by Crippen LogP contribution is 2.28. The Balaban J connectivity index is 1.78. The molecular weight excluding hydrogens is 326 g/mol. The largest absolute Gasteiger partial charge is 0.325 e. The maximum atomic E-state index is 13.4. The van der Waals surface area contributed by atoms with Crippen molar-refractivity contribution in [3.63, 3.8) is 0 Å². The fourth-order valence-corrected chi connectivity index (χ4v) is 3.98. The summed E-state index contributed by atoms with van der Waals surface area (Å²) in [5.74, 6) is 1.32. The molecule has 1 aromatic heterocycles. The molecule has 26 heavy (non-hydrogen) atoms. The molecule has 1 saturated heterocycles. The van der Waals surface area contributed by atoms with Gasteiger partial charge >= 0.3 is 6.03 Å². The number of aromatic nitrogens is 1. The second-order valence-electron chi connectivity index (χ2n) is 7.54. The number of hydrogen-bond donors (Lipinski definition) is 0. The molecule has 0 aliphatic carbocycles. The number of rotatable bonds is 2. The van der Waals surface area contributed by atoms with E-state index in [0.29, 0.717) is 5.92 Å². The number of nitrogens with zero attached hydrogens (tertiary/aromatic N) is 5. The Labute approximate surface area is 157 Å². The maximum absolute atomic E-state index is 13.4. The lowest BCUT2D eigenvalue weighted by Crippen LogP contribution is -2.50. The molecule has 0 saturated carbocycles. The summed E-state index contributed by atoms with van der Waals surface area (Å²) in [6, 6.07) is 4.19. The molecule has 0 radical (unpaired) electrons. The van der Waals surface area contributed by atoms with E-state index in [1.54, 1.807) is 6.20 Å². The van der Waals surface area contributed by atoms with Crippen molar-refractivity contribution in [2.75, 3.05) is 63.8 Å². The van der Waals surface area contributed by atoms with E-state index in [1.165, 1.54) is 5.56 Å². The minimum Gasteiger partial charge on any atom is -0.322 e. The molecule has 1 unspecified atom stereocenters. The van der Waals surface area contributed by atoms with Gasteiger partial charge in [-0.2, -0.15) is 0 Å². The normalized spacial score (nSPS) is 23.1. The summed E-state index contributed by atoms with van der Waals surface area (Å²) in [5.41, 5.74) is 1.19. The van der Waals surface area contributed by atoms with Gasteiger partial charge in [-0.05, 0) is 37.1 Å². The zero-order chi connectivity index (χ0) is 18.5. The van der Waals surface area contributed by atoms with Crippen LogP contribution in [-0.4, -0.2) is 84.6 Å². The highest BCUT2D eigenvalue weighted by atomic mass is 16.2. The number of urea groups is 1. The Morgan fingerprint density at radius 2 is 1.69 bits per heavy atom. The molecule has 3 heterocycles. The van der Waals surface area contributed by atoms with Gasteiger partial charge in [0.2, 0.25) is 0 Å². The van der Waals surface area contributed by atoms with Crippen LogP contribution in [0.1, 0.15) is 26.3 Å². The third-order valence-electron chi connectivity index (χ3n) is 5.69. The van der Waals surface area contributed by atoms with Crippen LogP contribution in [0.5, 0.6) is 0 Å². The van der Waals surface area contributed by atoms with Gasteiger partial charge < -0.3 is 14.7 Å². The van der Waals surface area contributed by atoms with Gasteiger partial charge in [-0.25, -0.2) is 9.78 Å². The molecule has 0 aromatic carbocycles. The summed E-state index contributed by atoms with van der Waals surface area (Å²) in [7, 11) is 0. The average Bonchev–Trinajstić information content (AvgIpc) is 2.76. The second kappa shape index (κ2) is 8.82. The zero-order valence-electron chi connectivity index (χ0n) is 16.5. The number of fused-ring (bicyclic) bond motifs is 1. The summed E-state index contributed by atoms with van der Waals surface area (Å²) < 4.78 is 0. The minimum atomic E-state index is 0.116. The van der Waals surface area contributed by atoms with Gasteiger partial charge in [0.15, 0.2) is 0 Å². The number of carbonyl (C=O) groups is 1. The molecule has 1 aromatic rings. The number of carbonyl (C=O) groups excluding carboxylic acids is 1. The van der Waals surface area contributed by atoms with Crippen molar-refractivity contribution in [3.05, 3.63) is 23.9 Å². The Morgan fingerprint density at radius 1 is 1.08 bits per heavy atom. The van der Waals surface area contributed by atoms with E-state index in [4.69, 9.17) is 0 Å². The first-order valence-electron chi connectivity index (χ1n) is 10.1. The van der Waals surface area contributed by atoms with E-state index in [2.05, 4.69) is 41.6 Å². The van der Waals surface area contributed by atoms with Gasteiger partial charge in [0, 0.05) is 52.0 Å². The molecule has 0 spiro atoms. The van der Waals surface area contributed by atoms with Crippen LogP contribution in [-0.2, 0) is 6.42 Å². The average molecular weight is 360 g/mol. The first kappa shape index (κ1) is 19.1. The van der Waals surface area contributed by atoms with Crippen molar-refractivity contribution >= 4 is 11.8 Å². The first-order chi connectivity index (χ1) is 12.6. The lowest BCUT2D eigenvalue weighted by molar-refractivity contribution is 0.191. The van der Waals surface area contributed by atoms with Gasteiger partial charge in [0.05, 0.1) is 0 Å². The number of anilines is 1. The quantitative estimate of drug-likeness (QED) is 0.812. The molecule has 0 bridgehead atoms. The van der Waals surface area contributed by atoms with Crippen LogP contribution >= 0.6 is 0 Å². The predicted molar refractivity (Wildman–Crippen MR) is 106 cm³/mol. The summed E-state index contributed by atoms with van der Waals surface area (Å²) >= 11 is 0. The second-order valence-corrected chi connectivity index (χ2v) is 7.54. The lowest BCUT2D eigenvalue weighted by atomic mass is 9.97. The van der Waals surface area contributed by atoms with Crippen LogP contribution in [0, 0.1) is 5.92 Å². The van der Waals surface area contributed by atoms with Crippen LogP contribution in [0.2, 0.25) is 0 Å². The molecule has 144 valence electrons. The van der Waals surface area contributed by atoms with Crippen LogP contribution < -0.4 is 4.90 Å². The fourth-order valence-electron chi connectivity index (χ4n) is 3.98. The van der Waals surface area contributed by atoms with Gasteiger partial charge in [0.25, 0.3) is 0 Å². The molecular formula is C20H33N5O. The molecule has 6 heteroatoms. The highest BCUT2D eigenvalue weighted by molar-refractivity contribution is 5.92. The van der Waals surface area contributed by atoms with E-state index in [0.717, 1.165) is 71.1 Å². The molecule has 2 aliphatic rings. The van der Waals surface area contributed by atoms with E-state index in [1.807, 2.05) is 15.9 Å². The number of amides is 2. The monoisotopic (exact) mass is 359 g/mol. The van der Waals surface area contributed by atoms with Crippen LogP contribution in [0.25, 0.3) is 0 Å². The molecule has 3 rings (SSSR count). The minimum absolute atomic E-state index is 0.116. The van der Waals surface area contributed by atoms with E-state index in [9.17, 15) is 4.79 Å². The molecule has 2 aliphatic heterocycles. The third-order valence-corrected chi connectivity index (χ3v) is 5.69. The number of likely N-dealkylation sites (N-methyl/N-ethyl adjacent to an activating group) is 2. The van der Waals surface area contributed by atoms with E-state index >= 15 is 0 Å². The zero-order valence-corrected chi connectivity index (χ0v) is 16.5. The van der Waals surface area contributed by atoms with Gasteiger partial charge in [-0.1, -0.05) is 26.8 Å². The fraction of sp³-hybridized carbons (Fsp3) is 0.700. The summed E-state index contributed by atoms with van der Waals surface area (Å²) in [6.07, 6.45) is 2.80. The smallest absolute Gasteiger partial charge is 0.322 e. The Morgan fingerprint density at radius 3 is 2.31 bits per heavy atom. The van der Waals surface area contributed by atoms with Crippen molar-refractivity contribution in [2.24, 2.45) is 5.92 Å². The first-order valence-corrected chi connectivity index (χ1v) is 10.1. The molecule has 0 N–H and O–H groups in total. The molecule has 2 amide bonds. The van der Waals surface area contributed by atoms with Gasteiger partial charge in [-0.15, -0.1) is 0 Å². The van der Waals surface area contributed by atoms with Crippen LogP contribution in [0.4, 0.5) is 10.6 Å². The maximum Gasteiger partial charge on any atom is 0.325 e. The van der Waals surface area contributed by atoms with Crippen molar-refractivity contribution < 1.29 is 4.79 Å². The highest BCUT2D eigenvalue weighted by Gasteiger charge is 2.31.